The second-order valence-corrected chi connectivity index (χ2v) is 5.24. The Bertz CT molecular complexity index is 453. The lowest BCUT2D eigenvalue weighted by Crippen LogP contribution is -2.49. The number of morpholine rings is 1. The van der Waals surface area contributed by atoms with Gasteiger partial charge in [0.25, 0.3) is 0 Å². The van der Waals surface area contributed by atoms with Crippen LogP contribution in [0.3, 0.4) is 0 Å². The molecule has 6 heteroatoms. The van der Waals surface area contributed by atoms with E-state index in [0.717, 1.165) is 24.9 Å². The van der Waals surface area contributed by atoms with E-state index in [2.05, 4.69) is 10.4 Å². The second-order valence-electron chi connectivity index (χ2n) is 5.24. The van der Waals surface area contributed by atoms with Crippen molar-refractivity contribution >= 4 is 5.91 Å². The van der Waals surface area contributed by atoms with Gasteiger partial charge in [0.15, 0.2) is 0 Å². The number of nitrogens with zero attached hydrogens (tertiary/aromatic N) is 3. The molecule has 1 amide bonds. The van der Waals surface area contributed by atoms with E-state index in [1.54, 1.807) is 4.68 Å². The number of rotatable bonds is 2. The van der Waals surface area contributed by atoms with Gasteiger partial charge in [-0.3, -0.25) is 9.48 Å². The van der Waals surface area contributed by atoms with Crippen LogP contribution in [0.25, 0.3) is 0 Å². The van der Waals surface area contributed by atoms with Gasteiger partial charge < -0.3 is 15.0 Å². The molecule has 2 aliphatic heterocycles. The highest BCUT2D eigenvalue weighted by molar-refractivity contribution is 5.82. The monoisotopic (exact) mass is 264 g/mol. The Morgan fingerprint density at radius 1 is 1.58 bits per heavy atom. The number of carbonyl (C=O) groups is 1. The first kappa shape index (κ1) is 12.6. The van der Waals surface area contributed by atoms with Crippen molar-refractivity contribution in [1.82, 2.24) is 20.0 Å². The maximum atomic E-state index is 12.4. The van der Waals surface area contributed by atoms with Crippen molar-refractivity contribution in [2.45, 2.75) is 25.0 Å². The fraction of sp³-hybridized carbons (Fsp3) is 0.692. The van der Waals surface area contributed by atoms with Crippen molar-refractivity contribution in [3.63, 3.8) is 0 Å². The van der Waals surface area contributed by atoms with Crippen molar-refractivity contribution in [2.75, 3.05) is 26.2 Å². The van der Waals surface area contributed by atoms with Crippen molar-refractivity contribution in [3.05, 3.63) is 18.0 Å². The maximum absolute atomic E-state index is 12.4. The van der Waals surface area contributed by atoms with Crippen LogP contribution in [-0.4, -0.2) is 52.9 Å². The van der Waals surface area contributed by atoms with Gasteiger partial charge in [0, 0.05) is 25.4 Å². The molecule has 0 saturated carbocycles. The Labute approximate surface area is 112 Å². The normalized spacial score (nSPS) is 27.7. The molecule has 0 radical (unpaired) electrons. The number of amides is 1. The molecule has 2 aliphatic rings. The van der Waals surface area contributed by atoms with Crippen LogP contribution in [0.15, 0.2) is 12.4 Å². The summed E-state index contributed by atoms with van der Waals surface area (Å²) in [5, 5.41) is 7.42. The van der Waals surface area contributed by atoms with Crippen LogP contribution in [-0.2, 0) is 16.6 Å². The Morgan fingerprint density at radius 2 is 2.47 bits per heavy atom. The molecule has 3 rings (SSSR count). The highest BCUT2D eigenvalue weighted by Crippen LogP contribution is 2.22. The van der Waals surface area contributed by atoms with Crippen molar-refractivity contribution < 1.29 is 9.53 Å². The zero-order valence-electron chi connectivity index (χ0n) is 11.2. The van der Waals surface area contributed by atoms with Crippen LogP contribution >= 0.6 is 0 Å². The van der Waals surface area contributed by atoms with Crippen LogP contribution in [0, 0.1) is 0 Å². The molecular formula is C13H20N4O2. The minimum absolute atomic E-state index is 0.00708. The molecule has 0 spiro atoms. The molecule has 0 aliphatic carbocycles. The molecule has 2 saturated heterocycles. The second kappa shape index (κ2) is 5.30. The van der Waals surface area contributed by atoms with Crippen LogP contribution in [0.1, 0.15) is 24.5 Å². The summed E-state index contributed by atoms with van der Waals surface area (Å²) in [6, 6.07) is 0.00708. The van der Waals surface area contributed by atoms with E-state index in [1.807, 2.05) is 24.3 Å². The molecule has 1 N–H and O–H groups in total. The summed E-state index contributed by atoms with van der Waals surface area (Å²) in [6.07, 6.45) is 5.76. The summed E-state index contributed by atoms with van der Waals surface area (Å²) in [7, 11) is 1.89. The molecule has 6 nitrogen and oxygen atoms in total. The third-order valence-corrected chi connectivity index (χ3v) is 3.83. The van der Waals surface area contributed by atoms with E-state index in [4.69, 9.17) is 4.74 Å². The van der Waals surface area contributed by atoms with Gasteiger partial charge in [0.2, 0.25) is 5.91 Å². The summed E-state index contributed by atoms with van der Waals surface area (Å²) in [5.74, 6) is 0.217. The Hall–Kier alpha value is -1.40. The van der Waals surface area contributed by atoms with Gasteiger partial charge in [0.1, 0.15) is 6.10 Å². The first-order chi connectivity index (χ1) is 9.24. The number of hydrogen-bond acceptors (Lipinski definition) is 4. The average Bonchev–Trinajstić information content (AvgIpc) is 3.09. The van der Waals surface area contributed by atoms with E-state index in [-0.39, 0.29) is 18.1 Å². The van der Waals surface area contributed by atoms with Crippen LogP contribution in [0.4, 0.5) is 0 Å². The first-order valence-corrected chi connectivity index (χ1v) is 6.86. The molecule has 19 heavy (non-hydrogen) atoms. The Morgan fingerprint density at radius 3 is 3.16 bits per heavy atom. The number of hydrogen-bond donors (Lipinski definition) is 1. The number of aryl methyl sites for hydroxylation is 1. The van der Waals surface area contributed by atoms with Gasteiger partial charge in [-0.25, -0.2) is 0 Å². The molecule has 1 aromatic rings. The average molecular weight is 264 g/mol. The molecule has 0 bridgehead atoms. The van der Waals surface area contributed by atoms with Crippen molar-refractivity contribution in [3.8, 4) is 0 Å². The lowest BCUT2D eigenvalue weighted by atomic mass is 10.1. The van der Waals surface area contributed by atoms with Crippen molar-refractivity contribution in [2.24, 2.45) is 7.05 Å². The fourth-order valence-electron chi connectivity index (χ4n) is 2.77. The fourth-order valence-corrected chi connectivity index (χ4v) is 2.77. The molecular weight excluding hydrogens is 244 g/mol. The number of carbonyl (C=O) groups excluding carboxylic acids is 1. The summed E-state index contributed by atoms with van der Waals surface area (Å²) in [6.45, 7) is 2.86. The summed E-state index contributed by atoms with van der Waals surface area (Å²) in [4.78, 5) is 14.3. The standard InChI is InChI=1S/C13H20N4O2/c1-16-8-10(7-15-16)12-9-17(5-6-19-12)13(18)11-3-2-4-14-11/h7-8,11-12,14H,2-6,9H2,1H3. The molecule has 2 fully saturated rings. The van der Waals surface area contributed by atoms with E-state index >= 15 is 0 Å². The lowest BCUT2D eigenvalue weighted by Gasteiger charge is -2.34. The van der Waals surface area contributed by atoms with Crippen LogP contribution < -0.4 is 5.32 Å². The molecule has 2 atom stereocenters. The third-order valence-electron chi connectivity index (χ3n) is 3.83. The van der Waals surface area contributed by atoms with Gasteiger partial charge in [-0.05, 0) is 19.4 Å². The smallest absolute Gasteiger partial charge is 0.239 e. The largest absolute Gasteiger partial charge is 0.370 e. The lowest BCUT2D eigenvalue weighted by molar-refractivity contribution is -0.140. The van der Waals surface area contributed by atoms with E-state index in [9.17, 15) is 4.79 Å². The SMILES string of the molecule is Cn1cc(C2CN(C(=O)C3CCCN3)CCO2)cn1. The van der Waals surface area contributed by atoms with Gasteiger partial charge in [-0.2, -0.15) is 5.10 Å². The zero-order chi connectivity index (χ0) is 13.2. The summed E-state index contributed by atoms with van der Waals surface area (Å²) < 4.78 is 7.51. The number of ether oxygens (including phenoxy) is 1. The minimum Gasteiger partial charge on any atom is -0.370 e. The molecule has 3 heterocycles. The predicted octanol–water partition coefficient (Wildman–Crippen LogP) is 0.0720. The molecule has 0 aromatic carbocycles. The molecule has 1 aromatic heterocycles. The molecule has 104 valence electrons. The highest BCUT2D eigenvalue weighted by Gasteiger charge is 2.31. The van der Waals surface area contributed by atoms with E-state index in [1.165, 1.54) is 0 Å². The Kier molecular flexibility index (Phi) is 3.52. The summed E-state index contributed by atoms with van der Waals surface area (Å²) >= 11 is 0. The zero-order valence-corrected chi connectivity index (χ0v) is 11.2. The third kappa shape index (κ3) is 2.64. The number of aromatic nitrogens is 2. The van der Waals surface area contributed by atoms with Gasteiger partial charge in [-0.15, -0.1) is 0 Å². The Balaban J connectivity index is 1.65. The van der Waals surface area contributed by atoms with Gasteiger partial charge in [-0.1, -0.05) is 0 Å². The first-order valence-electron chi connectivity index (χ1n) is 6.86. The quantitative estimate of drug-likeness (QED) is 0.821. The van der Waals surface area contributed by atoms with E-state index in [0.29, 0.717) is 19.7 Å². The van der Waals surface area contributed by atoms with Gasteiger partial charge in [0.05, 0.1) is 25.4 Å². The van der Waals surface area contributed by atoms with Crippen LogP contribution in [0.2, 0.25) is 0 Å². The summed E-state index contributed by atoms with van der Waals surface area (Å²) in [5.41, 5.74) is 1.04. The predicted molar refractivity (Wildman–Crippen MR) is 69.5 cm³/mol. The topological polar surface area (TPSA) is 59.4 Å². The minimum atomic E-state index is -0.0483. The maximum Gasteiger partial charge on any atom is 0.239 e. The number of nitrogens with one attached hydrogen (secondary N) is 1. The van der Waals surface area contributed by atoms with Crippen molar-refractivity contribution in [1.29, 1.82) is 0 Å². The van der Waals surface area contributed by atoms with Crippen LogP contribution in [0.5, 0.6) is 0 Å². The highest BCUT2D eigenvalue weighted by atomic mass is 16.5. The van der Waals surface area contributed by atoms with Gasteiger partial charge >= 0.3 is 0 Å². The molecule has 2 unspecified atom stereocenters. The van der Waals surface area contributed by atoms with E-state index < -0.39 is 0 Å².